The second-order valence-corrected chi connectivity index (χ2v) is 7.15. The van der Waals surface area contributed by atoms with Crippen LogP contribution in [0.25, 0.3) is 0 Å². The summed E-state index contributed by atoms with van der Waals surface area (Å²) in [6.45, 7) is 7.29. The van der Waals surface area contributed by atoms with Crippen LogP contribution in [0.4, 0.5) is 4.79 Å². The largest absolute Gasteiger partial charge is 0.411 e. The van der Waals surface area contributed by atoms with E-state index in [2.05, 4.69) is 32.9 Å². The maximum Gasteiger partial charge on any atom is 0.409 e. The highest BCUT2D eigenvalue weighted by atomic mass is 16.5. The summed E-state index contributed by atoms with van der Waals surface area (Å²) < 4.78 is 4.90. The van der Waals surface area contributed by atoms with Gasteiger partial charge in [-0.25, -0.2) is 4.79 Å². The minimum Gasteiger partial charge on any atom is -0.411 e. The fourth-order valence-corrected chi connectivity index (χ4v) is 4.59. The molecule has 1 amide bonds. The van der Waals surface area contributed by atoms with E-state index in [-0.39, 0.29) is 0 Å². The van der Waals surface area contributed by atoms with E-state index >= 15 is 0 Å². The van der Waals surface area contributed by atoms with Crippen molar-refractivity contribution in [3.8, 4) is 5.75 Å². The average Bonchev–Trinajstić information content (AvgIpc) is 2.71. The Labute approximate surface area is 120 Å². The van der Waals surface area contributed by atoms with E-state index in [1.165, 1.54) is 24.8 Å². The molecule has 3 unspecified atom stereocenters. The number of hydrogen-bond acceptors (Lipinski definition) is 2. The Kier molecular flexibility index (Phi) is 2.86. The van der Waals surface area contributed by atoms with Crippen LogP contribution in [0, 0.1) is 16.7 Å². The Hall–Kier alpha value is -1.51. The second kappa shape index (κ2) is 4.24. The number of primary amides is 1. The summed E-state index contributed by atoms with van der Waals surface area (Å²) in [5.41, 5.74) is 7.19. The lowest BCUT2D eigenvalue weighted by Crippen LogP contribution is -2.31. The van der Waals surface area contributed by atoms with Crippen LogP contribution >= 0.6 is 0 Å². The van der Waals surface area contributed by atoms with Gasteiger partial charge in [-0.1, -0.05) is 32.9 Å². The molecule has 2 aliphatic rings. The van der Waals surface area contributed by atoms with Gasteiger partial charge in [0.15, 0.2) is 0 Å². The molecule has 3 atom stereocenters. The number of hydrogen-bond donors (Lipinski definition) is 1. The van der Waals surface area contributed by atoms with Crippen molar-refractivity contribution < 1.29 is 9.53 Å². The van der Waals surface area contributed by atoms with Gasteiger partial charge in [-0.15, -0.1) is 0 Å². The first kappa shape index (κ1) is 13.5. The Bertz CT molecular complexity index is 534. The van der Waals surface area contributed by atoms with Gasteiger partial charge in [0.1, 0.15) is 5.75 Å². The standard InChI is InChI=1S/C17H23NO2/c1-16(2)12-8-9-17(16,3)14(10-12)11-4-6-13(7-5-11)20-15(18)19/h4-7,12,14H,8-10H2,1-3H3,(H2,18,19). The number of ether oxygens (including phenoxy) is 1. The molecule has 0 spiro atoms. The van der Waals surface area contributed by atoms with E-state index in [1.54, 1.807) is 0 Å². The molecule has 2 bridgehead atoms. The fourth-order valence-electron chi connectivity index (χ4n) is 4.59. The Morgan fingerprint density at radius 3 is 2.35 bits per heavy atom. The van der Waals surface area contributed by atoms with E-state index in [1.807, 2.05) is 12.1 Å². The molecule has 0 aromatic heterocycles. The number of carbonyl (C=O) groups excluding carboxylic acids is 1. The summed E-state index contributed by atoms with van der Waals surface area (Å²) in [5.74, 6) is 1.96. The summed E-state index contributed by atoms with van der Waals surface area (Å²) in [6.07, 6.45) is 3.20. The number of rotatable bonds is 2. The minimum atomic E-state index is -0.759. The third-order valence-corrected chi connectivity index (χ3v) is 6.29. The van der Waals surface area contributed by atoms with Gasteiger partial charge >= 0.3 is 6.09 Å². The number of benzene rings is 1. The zero-order valence-corrected chi connectivity index (χ0v) is 12.5. The molecule has 20 heavy (non-hydrogen) atoms. The van der Waals surface area contributed by atoms with Gasteiger partial charge in [-0.2, -0.15) is 0 Å². The van der Waals surface area contributed by atoms with E-state index in [0.29, 0.717) is 22.5 Å². The van der Waals surface area contributed by atoms with Crippen LogP contribution in [0.5, 0.6) is 5.75 Å². The fraction of sp³-hybridized carbons (Fsp3) is 0.588. The van der Waals surface area contributed by atoms with E-state index in [9.17, 15) is 4.79 Å². The molecule has 0 radical (unpaired) electrons. The van der Waals surface area contributed by atoms with Gasteiger partial charge in [-0.05, 0) is 59.6 Å². The molecule has 0 aliphatic heterocycles. The molecule has 2 aliphatic carbocycles. The number of carbonyl (C=O) groups is 1. The summed E-state index contributed by atoms with van der Waals surface area (Å²) in [7, 11) is 0. The van der Waals surface area contributed by atoms with Crippen molar-refractivity contribution in [2.75, 3.05) is 0 Å². The molecule has 2 N–H and O–H groups in total. The van der Waals surface area contributed by atoms with Gasteiger partial charge < -0.3 is 10.5 Å². The van der Waals surface area contributed by atoms with E-state index < -0.39 is 6.09 Å². The van der Waals surface area contributed by atoms with Crippen molar-refractivity contribution in [2.24, 2.45) is 22.5 Å². The van der Waals surface area contributed by atoms with Crippen LogP contribution in [-0.2, 0) is 0 Å². The first-order valence-electron chi connectivity index (χ1n) is 7.42. The van der Waals surface area contributed by atoms with Crippen molar-refractivity contribution in [1.82, 2.24) is 0 Å². The molecule has 3 rings (SSSR count). The lowest BCUT2D eigenvalue weighted by Gasteiger charge is -2.39. The summed E-state index contributed by atoms with van der Waals surface area (Å²) in [4.78, 5) is 10.8. The molecule has 0 heterocycles. The monoisotopic (exact) mass is 273 g/mol. The highest BCUT2D eigenvalue weighted by Crippen LogP contribution is 2.70. The molecular formula is C17H23NO2. The third-order valence-electron chi connectivity index (χ3n) is 6.29. The van der Waals surface area contributed by atoms with Crippen LogP contribution in [0.3, 0.4) is 0 Å². The molecule has 2 saturated carbocycles. The number of amides is 1. The van der Waals surface area contributed by atoms with Crippen molar-refractivity contribution in [3.63, 3.8) is 0 Å². The maximum atomic E-state index is 10.8. The van der Waals surface area contributed by atoms with Gasteiger partial charge in [0.25, 0.3) is 0 Å². The van der Waals surface area contributed by atoms with Crippen LogP contribution in [0.1, 0.15) is 51.5 Å². The predicted molar refractivity (Wildman–Crippen MR) is 78.6 cm³/mol. The quantitative estimate of drug-likeness (QED) is 0.883. The Morgan fingerprint density at radius 1 is 1.25 bits per heavy atom. The number of nitrogens with two attached hydrogens (primary N) is 1. The molecule has 1 aromatic rings. The highest BCUT2D eigenvalue weighted by molar-refractivity contribution is 5.68. The summed E-state index contributed by atoms with van der Waals surface area (Å²) in [5, 5.41) is 0. The lowest BCUT2D eigenvalue weighted by molar-refractivity contribution is 0.134. The van der Waals surface area contributed by atoms with Crippen LogP contribution < -0.4 is 10.5 Å². The minimum absolute atomic E-state index is 0.379. The molecule has 2 fully saturated rings. The molecule has 1 aromatic carbocycles. The smallest absolute Gasteiger partial charge is 0.409 e. The maximum absolute atomic E-state index is 10.8. The molecule has 3 heteroatoms. The van der Waals surface area contributed by atoms with Crippen molar-refractivity contribution in [1.29, 1.82) is 0 Å². The van der Waals surface area contributed by atoms with Crippen LogP contribution in [0.2, 0.25) is 0 Å². The highest BCUT2D eigenvalue weighted by Gasteiger charge is 2.61. The van der Waals surface area contributed by atoms with Crippen molar-refractivity contribution in [2.45, 2.75) is 46.0 Å². The van der Waals surface area contributed by atoms with Gasteiger partial charge in [0.2, 0.25) is 0 Å². The van der Waals surface area contributed by atoms with Crippen LogP contribution in [-0.4, -0.2) is 6.09 Å². The Balaban J connectivity index is 1.86. The Morgan fingerprint density at radius 2 is 1.90 bits per heavy atom. The van der Waals surface area contributed by atoms with Gasteiger partial charge in [0, 0.05) is 0 Å². The third kappa shape index (κ3) is 1.75. The SMILES string of the molecule is CC1(C)C2CCC1(C)C(c1ccc(OC(N)=O)cc1)C2. The van der Waals surface area contributed by atoms with Gasteiger partial charge in [0.05, 0.1) is 0 Å². The zero-order valence-electron chi connectivity index (χ0n) is 12.5. The van der Waals surface area contributed by atoms with Crippen molar-refractivity contribution >= 4 is 6.09 Å². The predicted octanol–water partition coefficient (Wildman–Crippen LogP) is 4.07. The molecular weight excluding hydrogens is 250 g/mol. The second-order valence-electron chi connectivity index (χ2n) is 7.15. The lowest BCUT2D eigenvalue weighted by atomic mass is 9.65. The van der Waals surface area contributed by atoms with Gasteiger partial charge in [-0.3, -0.25) is 0 Å². The molecule has 3 nitrogen and oxygen atoms in total. The average molecular weight is 273 g/mol. The first-order chi connectivity index (χ1) is 9.34. The van der Waals surface area contributed by atoms with E-state index in [0.717, 1.165) is 5.92 Å². The molecule has 0 saturated heterocycles. The summed E-state index contributed by atoms with van der Waals surface area (Å²) >= 11 is 0. The normalized spacial score (nSPS) is 34.1. The van der Waals surface area contributed by atoms with Crippen molar-refractivity contribution in [3.05, 3.63) is 29.8 Å². The molecule has 108 valence electrons. The van der Waals surface area contributed by atoms with Crippen LogP contribution in [0.15, 0.2) is 24.3 Å². The first-order valence-corrected chi connectivity index (χ1v) is 7.42. The summed E-state index contributed by atoms with van der Waals surface area (Å²) in [6, 6.07) is 7.88. The topological polar surface area (TPSA) is 52.3 Å². The number of fused-ring (bicyclic) bond motifs is 2. The zero-order chi connectivity index (χ0) is 14.5. The van der Waals surface area contributed by atoms with E-state index in [4.69, 9.17) is 10.5 Å².